The highest BCUT2D eigenvalue weighted by atomic mass is 15.3. The molecule has 0 fully saturated rings. The first-order valence-corrected chi connectivity index (χ1v) is 14.1. The average Bonchev–Trinajstić information content (AvgIpc) is 3.16. The molecule has 1 heterocycles. The molecule has 0 amide bonds. The van der Waals surface area contributed by atoms with Crippen molar-refractivity contribution >= 4 is 11.4 Å². The van der Waals surface area contributed by atoms with Crippen LogP contribution in [0.1, 0.15) is 114 Å². The first-order chi connectivity index (χ1) is 17.1. The van der Waals surface area contributed by atoms with Crippen LogP contribution in [0.3, 0.4) is 0 Å². The van der Waals surface area contributed by atoms with Gasteiger partial charge in [-0.05, 0) is 80.3 Å². The fourth-order valence-electron chi connectivity index (χ4n) is 4.96. The highest BCUT2D eigenvalue weighted by Crippen LogP contribution is 2.38. The number of allylic oxidation sites excluding steroid dienone is 3. The Morgan fingerprint density at radius 3 is 1.74 bits per heavy atom. The lowest BCUT2D eigenvalue weighted by atomic mass is 9.91. The van der Waals surface area contributed by atoms with Crippen LogP contribution < -0.4 is 0 Å². The van der Waals surface area contributed by atoms with Crippen molar-refractivity contribution in [2.45, 2.75) is 105 Å². The summed E-state index contributed by atoms with van der Waals surface area (Å²) in [6.45, 7) is 9.00. The lowest BCUT2D eigenvalue weighted by Crippen LogP contribution is -2.11. The molecule has 0 saturated heterocycles. The summed E-state index contributed by atoms with van der Waals surface area (Å²) in [6, 6.07) is 18.0. The van der Waals surface area contributed by atoms with Crippen molar-refractivity contribution < 1.29 is 4.68 Å². The van der Waals surface area contributed by atoms with Gasteiger partial charge in [-0.15, -0.1) is 0 Å². The van der Waals surface area contributed by atoms with Gasteiger partial charge in [0.25, 0.3) is 0 Å². The molecule has 3 rings (SSSR count). The van der Waals surface area contributed by atoms with E-state index >= 15 is 0 Å². The molecule has 188 valence electrons. The normalized spacial score (nSPS) is 15.0. The van der Waals surface area contributed by atoms with E-state index in [4.69, 9.17) is 0 Å². The molecule has 0 bridgehead atoms. The van der Waals surface area contributed by atoms with Gasteiger partial charge in [0.05, 0.1) is 5.57 Å². The summed E-state index contributed by atoms with van der Waals surface area (Å²) in [7, 11) is 0. The first kappa shape index (κ1) is 27.0. The van der Waals surface area contributed by atoms with Crippen LogP contribution >= 0.6 is 0 Å². The van der Waals surface area contributed by atoms with Crippen molar-refractivity contribution in [1.82, 2.24) is 0 Å². The Hall–Kier alpha value is -2.61. The molecular weight excluding hydrogens is 424 g/mol. The minimum atomic E-state index is 1.02. The molecule has 0 saturated carbocycles. The zero-order valence-corrected chi connectivity index (χ0v) is 22.6. The number of hydrogen-bond acceptors (Lipinski definition) is 0. The molecule has 2 aromatic carbocycles. The van der Waals surface area contributed by atoms with Gasteiger partial charge < -0.3 is 5.84 Å². The molecule has 0 spiro atoms. The molecule has 2 aromatic rings. The lowest BCUT2D eigenvalue weighted by molar-refractivity contribution is -0.347. The van der Waals surface area contributed by atoms with E-state index < -0.39 is 0 Å². The summed E-state index contributed by atoms with van der Waals surface area (Å²) in [4.78, 5) is 0. The van der Waals surface area contributed by atoms with Gasteiger partial charge in [-0.1, -0.05) is 90.1 Å². The zero-order valence-electron chi connectivity index (χ0n) is 22.6. The van der Waals surface area contributed by atoms with E-state index in [9.17, 15) is 5.84 Å². The summed E-state index contributed by atoms with van der Waals surface area (Å²) in [5, 5.41) is 0. The third kappa shape index (κ3) is 6.97. The minimum Gasteiger partial charge on any atom is -0.448 e. The molecule has 2 heteroatoms. The van der Waals surface area contributed by atoms with Crippen LogP contribution in [0.5, 0.6) is 0 Å². The number of benzene rings is 2. The first-order valence-electron chi connectivity index (χ1n) is 14.1. The van der Waals surface area contributed by atoms with Gasteiger partial charge in [-0.3, -0.25) is 0 Å². The lowest BCUT2D eigenvalue weighted by Gasteiger charge is -2.09. The van der Waals surface area contributed by atoms with E-state index in [1.807, 2.05) is 0 Å². The van der Waals surface area contributed by atoms with Gasteiger partial charge >= 0.3 is 0 Å². The molecule has 2 nitrogen and oxygen atoms in total. The minimum absolute atomic E-state index is 1.02. The molecule has 35 heavy (non-hydrogen) atoms. The van der Waals surface area contributed by atoms with Crippen molar-refractivity contribution in [3.8, 4) is 0 Å². The SMILES string of the molecule is CCCC=C1C(CCCC)=C(c2ccc(CCCC)cc2)[N+]([NH-])=C1c1ccc(CCCCC)cc1. The van der Waals surface area contributed by atoms with E-state index in [2.05, 4.69) is 82.3 Å². The second kappa shape index (κ2) is 14.1. The molecule has 0 radical (unpaired) electrons. The van der Waals surface area contributed by atoms with Crippen LogP contribution in [-0.4, -0.2) is 10.4 Å². The number of nitrogens with zero attached hydrogens (tertiary/aromatic N) is 1. The van der Waals surface area contributed by atoms with Gasteiger partial charge in [-0.25, -0.2) is 4.68 Å². The van der Waals surface area contributed by atoms with Gasteiger partial charge in [0.15, 0.2) is 0 Å². The maximum absolute atomic E-state index is 9.30. The highest BCUT2D eigenvalue weighted by Gasteiger charge is 2.34. The number of nitrogens with one attached hydrogen (secondary N) is 1. The number of rotatable bonds is 14. The maximum atomic E-state index is 9.30. The predicted molar refractivity (Wildman–Crippen MR) is 153 cm³/mol. The van der Waals surface area contributed by atoms with Crippen molar-refractivity contribution in [3.63, 3.8) is 0 Å². The van der Waals surface area contributed by atoms with Crippen molar-refractivity contribution in [2.75, 3.05) is 0 Å². The Labute approximate surface area is 214 Å². The van der Waals surface area contributed by atoms with E-state index in [0.29, 0.717) is 0 Å². The summed E-state index contributed by atoms with van der Waals surface area (Å²) in [5.74, 6) is 9.30. The maximum Gasteiger partial charge on any atom is 0.215 e. The standard InChI is InChI=1S/C33H46N2/c1-5-9-13-15-27-20-24-29(25-21-27)33-31(17-12-8-4)30(16-11-7-3)32(35(33)34)28-22-18-26(19-23-28)14-10-6-2/h17-25,34H,5-16H2,1-4H3. The quantitative estimate of drug-likeness (QED) is 0.194. The third-order valence-corrected chi connectivity index (χ3v) is 7.07. The van der Waals surface area contributed by atoms with Crippen molar-refractivity contribution in [3.05, 3.63) is 93.8 Å². The van der Waals surface area contributed by atoms with E-state index in [1.165, 1.54) is 59.9 Å². The van der Waals surface area contributed by atoms with Gasteiger partial charge in [0.1, 0.15) is 0 Å². The summed E-state index contributed by atoms with van der Waals surface area (Å²) < 4.78 is 1.74. The van der Waals surface area contributed by atoms with E-state index in [0.717, 1.165) is 61.9 Å². The van der Waals surface area contributed by atoms with Crippen LogP contribution in [0.25, 0.3) is 11.5 Å². The van der Waals surface area contributed by atoms with Gasteiger partial charge in [0, 0.05) is 16.7 Å². The Bertz CT molecular complexity index is 1020. The average molecular weight is 471 g/mol. The molecule has 1 N–H and O–H groups in total. The largest absolute Gasteiger partial charge is 0.448 e. The third-order valence-electron chi connectivity index (χ3n) is 7.07. The molecule has 0 atom stereocenters. The topological polar surface area (TPSA) is 26.8 Å². The van der Waals surface area contributed by atoms with Crippen LogP contribution in [0.2, 0.25) is 0 Å². The summed E-state index contributed by atoms with van der Waals surface area (Å²) in [5.41, 5.74) is 9.87. The highest BCUT2D eigenvalue weighted by molar-refractivity contribution is 6.16. The molecule has 0 unspecified atom stereocenters. The van der Waals surface area contributed by atoms with Crippen molar-refractivity contribution in [1.29, 1.82) is 0 Å². The molecule has 1 aliphatic heterocycles. The van der Waals surface area contributed by atoms with Crippen LogP contribution in [0.15, 0.2) is 65.8 Å². The molecular formula is C33H46N2. The van der Waals surface area contributed by atoms with E-state index in [-0.39, 0.29) is 0 Å². The fourth-order valence-corrected chi connectivity index (χ4v) is 4.96. The van der Waals surface area contributed by atoms with Crippen LogP contribution in [0, 0.1) is 0 Å². The number of aryl methyl sites for hydroxylation is 2. The Balaban J connectivity index is 2.03. The number of unbranched alkanes of at least 4 members (excludes halogenated alkanes) is 5. The number of hydrogen-bond donors (Lipinski definition) is 0. The predicted octanol–water partition coefficient (Wildman–Crippen LogP) is 9.87. The summed E-state index contributed by atoms with van der Waals surface area (Å²) >= 11 is 0. The second-order valence-corrected chi connectivity index (χ2v) is 9.98. The van der Waals surface area contributed by atoms with Gasteiger partial charge in [0.2, 0.25) is 11.4 Å². The summed E-state index contributed by atoms with van der Waals surface area (Å²) in [6.07, 6.45) is 16.4. The smallest absolute Gasteiger partial charge is 0.215 e. The van der Waals surface area contributed by atoms with Crippen LogP contribution in [0.4, 0.5) is 0 Å². The van der Waals surface area contributed by atoms with E-state index in [1.54, 1.807) is 4.68 Å². The Morgan fingerprint density at radius 1 is 0.629 bits per heavy atom. The van der Waals surface area contributed by atoms with Crippen LogP contribution in [-0.2, 0) is 12.8 Å². The Kier molecular flexibility index (Phi) is 10.8. The molecule has 1 aliphatic rings. The zero-order chi connectivity index (χ0) is 25.0. The Morgan fingerprint density at radius 2 is 1.17 bits per heavy atom. The molecule has 0 aromatic heterocycles. The monoisotopic (exact) mass is 470 g/mol. The fraction of sp³-hybridized carbons (Fsp3) is 0.485. The van der Waals surface area contributed by atoms with Gasteiger partial charge in [-0.2, -0.15) is 0 Å². The van der Waals surface area contributed by atoms with Crippen molar-refractivity contribution in [2.24, 2.45) is 0 Å². The second-order valence-electron chi connectivity index (χ2n) is 9.98. The molecule has 0 aliphatic carbocycles.